The molecule has 0 saturated carbocycles. The van der Waals surface area contributed by atoms with Crippen molar-refractivity contribution in [1.82, 2.24) is 0 Å². The molecule has 0 bridgehead atoms. The van der Waals surface area contributed by atoms with Gasteiger partial charge in [0, 0.05) is 0 Å². The van der Waals surface area contributed by atoms with E-state index in [4.69, 9.17) is 0 Å². The third-order valence-corrected chi connectivity index (χ3v) is 2.14. The first-order valence-corrected chi connectivity index (χ1v) is 3.98. The Morgan fingerprint density at radius 2 is 1.90 bits per heavy atom. The lowest BCUT2D eigenvalue weighted by molar-refractivity contribution is 0.740. The molecule has 0 heterocycles. The summed E-state index contributed by atoms with van der Waals surface area (Å²) in [6.07, 6.45) is 3.51. The van der Waals surface area contributed by atoms with Crippen LogP contribution in [0.15, 0.2) is 22.8 Å². The summed E-state index contributed by atoms with van der Waals surface area (Å²) in [4.78, 5) is 0. The smallest absolute Gasteiger partial charge is 0.00997 e. The average molecular weight is 136 g/mol. The molecule has 0 atom stereocenters. The van der Waals surface area contributed by atoms with Crippen LogP contribution < -0.4 is 0 Å². The van der Waals surface area contributed by atoms with Gasteiger partial charge in [0.15, 0.2) is 0 Å². The van der Waals surface area contributed by atoms with Gasteiger partial charge in [-0.2, -0.15) is 0 Å². The van der Waals surface area contributed by atoms with Gasteiger partial charge >= 0.3 is 0 Å². The molecule has 0 saturated heterocycles. The van der Waals surface area contributed by atoms with E-state index in [1.54, 1.807) is 5.57 Å². The number of hydrogen-bond donors (Lipinski definition) is 0. The quantitative estimate of drug-likeness (QED) is 0.518. The van der Waals surface area contributed by atoms with E-state index in [9.17, 15) is 0 Å². The highest BCUT2D eigenvalue weighted by molar-refractivity contribution is 5.37. The number of hydrogen-bond acceptors (Lipinski definition) is 0. The maximum absolute atomic E-state index is 2.30. The average Bonchev–Trinajstić information content (AvgIpc) is 2.10. The topological polar surface area (TPSA) is 0 Å². The normalized spacial score (nSPS) is 18.7. The second kappa shape index (κ2) is 2.61. The van der Waals surface area contributed by atoms with Gasteiger partial charge in [0.25, 0.3) is 0 Å². The molecule has 0 nitrogen and oxygen atoms in total. The molecule has 1 rings (SSSR count). The second-order valence-electron chi connectivity index (χ2n) is 3.53. The molecule has 0 aromatic carbocycles. The Kier molecular flexibility index (Phi) is 1.98. The van der Waals surface area contributed by atoms with Gasteiger partial charge in [-0.25, -0.2) is 0 Å². The summed E-state index contributed by atoms with van der Waals surface area (Å²) in [7, 11) is 0. The van der Waals surface area contributed by atoms with Crippen LogP contribution in [-0.2, 0) is 0 Å². The van der Waals surface area contributed by atoms with E-state index in [0.717, 1.165) is 5.92 Å². The van der Waals surface area contributed by atoms with E-state index < -0.39 is 0 Å². The Morgan fingerprint density at radius 1 is 1.30 bits per heavy atom. The Labute approximate surface area is 63.6 Å². The minimum absolute atomic E-state index is 0.730. The van der Waals surface area contributed by atoms with Gasteiger partial charge in [-0.3, -0.25) is 0 Å². The van der Waals surface area contributed by atoms with Gasteiger partial charge in [-0.15, -0.1) is 0 Å². The van der Waals surface area contributed by atoms with Crippen LogP contribution in [0.2, 0.25) is 0 Å². The molecule has 0 N–H and O–H groups in total. The number of allylic oxidation sites excluding steroid dienone is 4. The van der Waals surface area contributed by atoms with Crippen molar-refractivity contribution in [3.05, 3.63) is 22.8 Å². The Hall–Kier alpha value is -0.520. The molecule has 0 radical (unpaired) electrons. The standard InChI is InChI=1S/C10H16/c1-7(2)10-6-8(3)5-9(10)4/h5,7H,6H2,1-4H3. The maximum atomic E-state index is 2.30. The molecule has 0 aliphatic heterocycles. The lowest BCUT2D eigenvalue weighted by Gasteiger charge is -2.07. The van der Waals surface area contributed by atoms with Gasteiger partial charge in [0.1, 0.15) is 0 Å². The predicted molar refractivity (Wildman–Crippen MR) is 45.9 cm³/mol. The highest BCUT2D eigenvalue weighted by Crippen LogP contribution is 2.29. The Bertz CT molecular complexity index is 192. The van der Waals surface area contributed by atoms with Crippen LogP contribution in [-0.4, -0.2) is 0 Å². The first kappa shape index (κ1) is 7.59. The van der Waals surface area contributed by atoms with Crippen molar-refractivity contribution >= 4 is 0 Å². The number of rotatable bonds is 1. The summed E-state index contributed by atoms with van der Waals surface area (Å²) in [6, 6.07) is 0. The largest absolute Gasteiger partial charge is 0.0690 e. The molecule has 10 heavy (non-hydrogen) atoms. The van der Waals surface area contributed by atoms with Crippen LogP contribution in [0, 0.1) is 5.92 Å². The van der Waals surface area contributed by atoms with Crippen LogP contribution in [0.25, 0.3) is 0 Å². The second-order valence-corrected chi connectivity index (χ2v) is 3.53. The molecule has 0 unspecified atom stereocenters. The molecule has 56 valence electrons. The highest BCUT2D eigenvalue weighted by atomic mass is 14.2. The first-order chi connectivity index (χ1) is 4.61. The van der Waals surface area contributed by atoms with E-state index in [0.29, 0.717) is 0 Å². The molecule has 1 aliphatic rings. The zero-order valence-corrected chi connectivity index (χ0v) is 7.36. The SMILES string of the molecule is CC1=CC(C)=C(C(C)C)C1. The molecular formula is C10H16. The third kappa shape index (κ3) is 1.31. The van der Waals surface area contributed by atoms with Crippen molar-refractivity contribution in [3.63, 3.8) is 0 Å². The van der Waals surface area contributed by atoms with Crippen LogP contribution in [0.3, 0.4) is 0 Å². The molecule has 0 spiro atoms. The van der Waals surface area contributed by atoms with Gasteiger partial charge in [0.05, 0.1) is 0 Å². The fourth-order valence-corrected chi connectivity index (χ4v) is 1.61. The molecule has 0 heteroatoms. The molecular weight excluding hydrogens is 120 g/mol. The molecule has 0 aromatic rings. The predicted octanol–water partition coefficient (Wildman–Crippen LogP) is 3.31. The van der Waals surface area contributed by atoms with Crippen molar-refractivity contribution in [2.75, 3.05) is 0 Å². The fourth-order valence-electron chi connectivity index (χ4n) is 1.61. The van der Waals surface area contributed by atoms with Gasteiger partial charge in [-0.1, -0.05) is 36.6 Å². The highest BCUT2D eigenvalue weighted by Gasteiger charge is 2.11. The fraction of sp³-hybridized carbons (Fsp3) is 0.600. The van der Waals surface area contributed by atoms with Gasteiger partial charge in [0.2, 0.25) is 0 Å². The summed E-state index contributed by atoms with van der Waals surface area (Å²) >= 11 is 0. The zero-order valence-electron chi connectivity index (χ0n) is 7.36. The van der Waals surface area contributed by atoms with Crippen molar-refractivity contribution < 1.29 is 0 Å². The van der Waals surface area contributed by atoms with Crippen LogP contribution in [0.4, 0.5) is 0 Å². The minimum Gasteiger partial charge on any atom is -0.0690 e. The van der Waals surface area contributed by atoms with E-state index >= 15 is 0 Å². The molecule has 0 amide bonds. The summed E-state index contributed by atoms with van der Waals surface area (Å²) in [5, 5.41) is 0. The summed E-state index contributed by atoms with van der Waals surface area (Å²) in [6.45, 7) is 8.96. The maximum Gasteiger partial charge on any atom is -0.00997 e. The van der Waals surface area contributed by atoms with E-state index in [1.807, 2.05) is 0 Å². The van der Waals surface area contributed by atoms with E-state index in [-0.39, 0.29) is 0 Å². The van der Waals surface area contributed by atoms with Gasteiger partial charge in [-0.05, 0) is 26.2 Å². The van der Waals surface area contributed by atoms with Gasteiger partial charge < -0.3 is 0 Å². The van der Waals surface area contributed by atoms with Crippen LogP contribution >= 0.6 is 0 Å². The summed E-state index contributed by atoms with van der Waals surface area (Å²) in [5.41, 5.74) is 4.63. The summed E-state index contributed by atoms with van der Waals surface area (Å²) in [5.74, 6) is 0.730. The molecule has 1 aliphatic carbocycles. The van der Waals surface area contributed by atoms with Crippen molar-refractivity contribution in [1.29, 1.82) is 0 Å². The van der Waals surface area contributed by atoms with Crippen molar-refractivity contribution in [3.8, 4) is 0 Å². The van der Waals surface area contributed by atoms with Crippen LogP contribution in [0.1, 0.15) is 34.1 Å². The lowest BCUT2D eigenvalue weighted by atomic mass is 9.98. The molecule has 0 aromatic heterocycles. The van der Waals surface area contributed by atoms with Crippen LogP contribution in [0.5, 0.6) is 0 Å². The zero-order chi connectivity index (χ0) is 7.72. The van der Waals surface area contributed by atoms with Crippen molar-refractivity contribution in [2.45, 2.75) is 34.1 Å². The Balaban J connectivity index is 2.76. The van der Waals surface area contributed by atoms with E-state index in [1.165, 1.54) is 17.6 Å². The molecule has 0 fully saturated rings. The monoisotopic (exact) mass is 136 g/mol. The Morgan fingerprint density at radius 3 is 2.10 bits per heavy atom. The summed E-state index contributed by atoms with van der Waals surface area (Å²) < 4.78 is 0. The minimum atomic E-state index is 0.730. The first-order valence-electron chi connectivity index (χ1n) is 3.98. The lowest BCUT2D eigenvalue weighted by Crippen LogP contribution is -1.92. The van der Waals surface area contributed by atoms with E-state index in [2.05, 4.69) is 33.8 Å². The third-order valence-electron chi connectivity index (χ3n) is 2.14. The van der Waals surface area contributed by atoms with Crippen molar-refractivity contribution in [2.24, 2.45) is 5.92 Å².